The Labute approximate surface area is 131 Å². The highest BCUT2D eigenvalue weighted by atomic mass is 16.2. The highest BCUT2D eigenvalue weighted by molar-refractivity contribution is 5.78. The van der Waals surface area contributed by atoms with Crippen LogP contribution in [0.5, 0.6) is 0 Å². The lowest BCUT2D eigenvalue weighted by atomic mass is 10.3. The van der Waals surface area contributed by atoms with Gasteiger partial charge in [-0.05, 0) is 26.0 Å². The van der Waals surface area contributed by atoms with Crippen molar-refractivity contribution in [3.63, 3.8) is 0 Å². The first-order valence-electron chi connectivity index (χ1n) is 7.85. The molecule has 6 heteroatoms. The lowest BCUT2D eigenvalue weighted by Crippen LogP contribution is -2.50. The fraction of sp³-hybridized carbons (Fsp3) is 0.562. The topological polar surface area (TPSA) is 56.8 Å². The van der Waals surface area contributed by atoms with Crippen LogP contribution in [0.3, 0.4) is 0 Å². The van der Waals surface area contributed by atoms with E-state index in [1.165, 1.54) is 0 Å². The Bertz CT molecular complexity index is 509. The molecule has 1 aromatic rings. The molecule has 0 aliphatic carbocycles. The second-order valence-electron chi connectivity index (χ2n) is 5.37. The summed E-state index contributed by atoms with van der Waals surface area (Å²) >= 11 is 0. The molecule has 2 rings (SSSR count). The van der Waals surface area contributed by atoms with Gasteiger partial charge in [0, 0.05) is 39.3 Å². The molecule has 22 heavy (non-hydrogen) atoms. The maximum absolute atomic E-state index is 12.1. The molecule has 1 fully saturated rings. The summed E-state index contributed by atoms with van der Waals surface area (Å²) in [6, 6.07) is 5.47. The zero-order valence-corrected chi connectivity index (χ0v) is 13.4. The molecule has 1 aliphatic rings. The van der Waals surface area contributed by atoms with Crippen molar-refractivity contribution >= 4 is 18.0 Å². The standard InChI is InChI=1S/C16H24N4O2/c1-3-19(4-2)16(22)12-18-8-10-20(11-9-18)15-7-5-6-14(13-21)17-15/h5-7,13H,3-4,8-12H2,1-2H3. The Kier molecular flexibility index (Phi) is 5.89. The minimum absolute atomic E-state index is 0.194. The molecule has 0 unspecified atom stereocenters. The van der Waals surface area contributed by atoms with Gasteiger partial charge in [-0.2, -0.15) is 0 Å². The molecule has 1 saturated heterocycles. The molecule has 0 N–H and O–H groups in total. The van der Waals surface area contributed by atoms with Crippen LogP contribution < -0.4 is 4.90 Å². The van der Waals surface area contributed by atoms with E-state index in [4.69, 9.17) is 0 Å². The summed E-state index contributed by atoms with van der Waals surface area (Å²) in [5.74, 6) is 1.03. The van der Waals surface area contributed by atoms with Crippen LogP contribution in [0.15, 0.2) is 18.2 Å². The van der Waals surface area contributed by atoms with Crippen molar-refractivity contribution in [2.45, 2.75) is 13.8 Å². The predicted molar refractivity (Wildman–Crippen MR) is 86.2 cm³/mol. The summed E-state index contributed by atoms with van der Waals surface area (Å²) in [5.41, 5.74) is 0.455. The van der Waals surface area contributed by atoms with E-state index in [0.717, 1.165) is 51.4 Å². The molecule has 6 nitrogen and oxygen atoms in total. The van der Waals surface area contributed by atoms with Crippen molar-refractivity contribution in [1.82, 2.24) is 14.8 Å². The number of pyridine rings is 1. The van der Waals surface area contributed by atoms with Crippen molar-refractivity contribution in [2.24, 2.45) is 0 Å². The Morgan fingerprint density at radius 3 is 2.50 bits per heavy atom. The lowest BCUT2D eigenvalue weighted by molar-refractivity contribution is -0.132. The summed E-state index contributed by atoms with van der Waals surface area (Å²) in [6.07, 6.45) is 0.766. The zero-order valence-electron chi connectivity index (χ0n) is 13.4. The van der Waals surface area contributed by atoms with Crippen molar-refractivity contribution in [1.29, 1.82) is 0 Å². The molecular weight excluding hydrogens is 280 g/mol. The third kappa shape index (κ3) is 4.04. The molecule has 0 spiro atoms. The van der Waals surface area contributed by atoms with Crippen LogP contribution in [0.1, 0.15) is 24.3 Å². The number of anilines is 1. The number of piperazine rings is 1. The van der Waals surface area contributed by atoms with E-state index in [1.807, 2.05) is 30.9 Å². The van der Waals surface area contributed by atoms with Gasteiger partial charge in [-0.1, -0.05) is 6.07 Å². The summed E-state index contributed by atoms with van der Waals surface area (Å²) < 4.78 is 0. The number of hydrogen-bond acceptors (Lipinski definition) is 5. The third-order valence-electron chi connectivity index (χ3n) is 4.05. The van der Waals surface area contributed by atoms with E-state index >= 15 is 0 Å². The Morgan fingerprint density at radius 1 is 1.23 bits per heavy atom. The summed E-state index contributed by atoms with van der Waals surface area (Å²) in [7, 11) is 0. The Morgan fingerprint density at radius 2 is 1.91 bits per heavy atom. The third-order valence-corrected chi connectivity index (χ3v) is 4.05. The summed E-state index contributed by atoms with van der Waals surface area (Å²) in [4.78, 5) is 33.5. The van der Waals surface area contributed by atoms with Gasteiger partial charge in [-0.15, -0.1) is 0 Å². The van der Waals surface area contributed by atoms with Crippen LogP contribution in [0.25, 0.3) is 0 Å². The molecular formula is C16H24N4O2. The molecule has 0 radical (unpaired) electrons. The van der Waals surface area contributed by atoms with Gasteiger partial charge in [0.1, 0.15) is 11.5 Å². The Hall–Kier alpha value is -1.95. The first-order chi connectivity index (χ1) is 10.7. The number of amides is 1. The molecule has 2 heterocycles. The second-order valence-corrected chi connectivity index (χ2v) is 5.37. The van der Waals surface area contributed by atoms with Gasteiger partial charge in [0.15, 0.2) is 6.29 Å². The molecule has 1 aliphatic heterocycles. The van der Waals surface area contributed by atoms with Crippen molar-refractivity contribution in [3.8, 4) is 0 Å². The van der Waals surface area contributed by atoms with Crippen LogP contribution in [0, 0.1) is 0 Å². The number of likely N-dealkylation sites (N-methyl/N-ethyl adjacent to an activating group) is 1. The first kappa shape index (κ1) is 16.4. The van der Waals surface area contributed by atoms with Gasteiger partial charge in [0.2, 0.25) is 5.91 Å². The van der Waals surface area contributed by atoms with Gasteiger partial charge < -0.3 is 9.80 Å². The smallest absolute Gasteiger partial charge is 0.236 e. The SMILES string of the molecule is CCN(CC)C(=O)CN1CCN(c2cccc(C=O)n2)CC1. The molecule has 0 bridgehead atoms. The van der Waals surface area contributed by atoms with Gasteiger partial charge in [0.05, 0.1) is 6.54 Å². The van der Waals surface area contributed by atoms with Crippen LogP contribution in [-0.4, -0.2) is 72.8 Å². The summed E-state index contributed by atoms with van der Waals surface area (Å²) in [5, 5.41) is 0. The maximum Gasteiger partial charge on any atom is 0.236 e. The quantitative estimate of drug-likeness (QED) is 0.730. The molecule has 120 valence electrons. The molecule has 1 aromatic heterocycles. The van der Waals surface area contributed by atoms with E-state index in [2.05, 4.69) is 14.8 Å². The van der Waals surface area contributed by atoms with Gasteiger partial charge in [-0.25, -0.2) is 4.98 Å². The van der Waals surface area contributed by atoms with Gasteiger partial charge in [-0.3, -0.25) is 14.5 Å². The van der Waals surface area contributed by atoms with Crippen LogP contribution in [0.4, 0.5) is 5.82 Å². The number of aldehydes is 1. The number of carbonyl (C=O) groups excluding carboxylic acids is 2. The second kappa shape index (κ2) is 7.89. The van der Waals surface area contributed by atoms with Crippen LogP contribution in [0.2, 0.25) is 0 Å². The molecule has 0 aromatic carbocycles. The fourth-order valence-electron chi connectivity index (χ4n) is 2.68. The van der Waals surface area contributed by atoms with Crippen molar-refractivity contribution in [2.75, 3.05) is 50.7 Å². The monoisotopic (exact) mass is 304 g/mol. The van der Waals surface area contributed by atoms with E-state index in [1.54, 1.807) is 6.07 Å². The minimum Gasteiger partial charge on any atom is -0.354 e. The van der Waals surface area contributed by atoms with Crippen molar-refractivity contribution < 1.29 is 9.59 Å². The normalized spacial score (nSPS) is 15.6. The van der Waals surface area contributed by atoms with Gasteiger partial charge >= 0.3 is 0 Å². The highest BCUT2D eigenvalue weighted by Gasteiger charge is 2.21. The fourth-order valence-corrected chi connectivity index (χ4v) is 2.68. The van der Waals surface area contributed by atoms with Gasteiger partial charge in [0.25, 0.3) is 0 Å². The number of nitrogens with zero attached hydrogens (tertiary/aromatic N) is 4. The molecule has 0 atom stereocenters. The minimum atomic E-state index is 0.194. The number of rotatable bonds is 6. The molecule has 1 amide bonds. The highest BCUT2D eigenvalue weighted by Crippen LogP contribution is 2.13. The number of aromatic nitrogens is 1. The lowest BCUT2D eigenvalue weighted by Gasteiger charge is -2.35. The number of hydrogen-bond donors (Lipinski definition) is 0. The van der Waals surface area contributed by atoms with E-state index < -0.39 is 0 Å². The van der Waals surface area contributed by atoms with E-state index in [9.17, 15) is 9.59 Å². The molecule has 0 saturated carbocycles. The van der Waals surface area contributed by atoms with Crippen molar-refractivity contribution in [3.05, 3.63) is 23.9 Å². The zero-order chi connectivity index (χ0) is 15.9. The van der Waals surface area contributed by atoms with Crippen LogP contribution >= 0.6 is 0 Å². The van der Waals surface area contributed by atoms with Crippen LogP contribution in [-0.2, 0) is 4.79 Å². The summed E-state index contributed by atoms with van der Waals surface area (Å²) in [6.45, 7) is 9.32. The predicted octanol–water partition coefficient (Wildman–Crippen LogP) is 0.884. The average molecular weight is 304 g/mol. The number of carbonyl (C=O) groups is 2. The maximum atomic E-state index is 12.1. The van der Waals surface area contributed by atoms with E-state index in [0.29, 0.717) is 12.2 Å². The first-order valence-corrected chi connectivity index (χ1v) is 7.85. The average Bonchev–Trinajstić information content (AvgIpc) is 2.56. The van der Waals surface area contributed by atoms with E-state index in [-0.39, 0.29) is 5.91 Å². The largest absolute Gasteiger partial charge is 0.354 e. The Balaban J connectivity index is 1.87.